The molecule has 0 N–H and O–H groups in total. The van der Waals surface area contributed by atoms with Crippen LogP contribution < -0.4 is 0 Å². The summed E-state index contributed by atoms with van der Waals surface area (Å²) in [6, 6.07) is 54.2. The van der Waals surface area contributed by atoms with E-state index in [9.17, 15) is 52.3 Å². The maximum Gasteiger partial charge on any atom is 0.347 e. The average Bonchev–Trinajstić information content (AvgIpc) is 3.05. The Hall–Kier alpha value is -8.59. The molecule has 0 aromatic heterocycles. The van der Waals surface area contributed by atoms with Crippen molar-refractivity contribution in [1.82, 2.24) is 0 Å². The molecule has 0 saturated carbocycles. The van der Waals surface area contributed by atoms with Gasteiger partial charge in [0.15, 0.2) is 0 Å². The third-order valence-corrected chi connectivity index (χ3v) is 17.4. The zero-order valence-electron chi connectivity index (χ0n) is 44.3. The van der Waals surface area contributed by atoms with Gasteiger partial charge in [-0.2, -0.15) is 0 Å². The van der Waals surface area contributed by atoms with Gasteiger partial charge in [0.25, 0.3) is 0 Å². The Balaban J connectivity index is 0.000000136. The maximum atomic E-state index is 12.5. The van der Waals surface area contributed by atoms with Crippen molar-refractivity contribution in [1.29, 1.82) is 0 Å². The predicted octanol–water partition coefficient (Wildman–Crippen LogP) is 14.9. The van der Waals surface area contributed by atoms with Gasteiger partial charge in [0.2, 0.25) is 0 Å². The minimum Gasteiger partial charge on any atom is -0.386 e. The van der Waals surface area contributed by atoms with Crippen LogP contribution in [0.2, 0.25) is 0 Å². The van der Waals surface area contributed by atoms with Crippen LogP contribution in [0.1, 0.15) is 104 Å². The smallest absolute Gasteiger partial charge is 0.347 e. The van der Waals surface area contributed by atoms with Crippen LogP contribution in [-0.4, -0.2) is 59.7 Å². The van der Waals surface area contributed by atoms with Crippen LogP contribution in [0, 0.1) is 5.82 Å². The number of esters is 10. The molecule has 0 radical (unpaired) electrons. The van der Waals surface area contributed by atoms with Gasteiger partial charge in [-0.25, -0.2) is 52.3 Å². The van der Waals surface area contributed by atoms with Crippen molar-refractivity contribution in [3.63, 3.8) is 0 Å². The fraction of sp³-hybridized carbons (Fsp3) is 0. The minimum absolute atomic E-state index is 0.000000000000000444. The quantitative estimate of drug-likeness (QED) is 0.0481. The fourth-order valence-corrected chi connectivity index (χ4v) is 12.7. The molecular formula is C64H35FO15S8. The molecule has 14 rings (SSSR count). The molecule has 15 nitrogen and oxygen atoms in total. The number of benzene rings is 9. The number of thiol groups is 4. The van der Waals surface area contributed by atoms with Gasteiger partial charge in [0.05, 0.1) is 55.6 Å². The first-order valence-corrected chi connectivity index (χ1v) is 30.3. The molecule has 0 aliphatic carbocycles. The summed E-state index contributed by atoms with van der Waals surface area (Å²) in [5, 5.41) is 0. The van der Waals surface area contributed by atoms with E-state index in [0.717, 1.165) is 70.9 Å². The largest absolute Gasteiger partial charge is 0.386 e. The molecule has 5 aliphatic heterocycles. The number of carbonyl (C=O) groups is 10. The first kappa shape index (κ1) is 62.5. The van der Waals surface area contributed by atoms with E-state index >= 15 is 0 Å². The van der Waals surface area contributed by atoms with Crippen molar-refractivity contribution in [2.75, 3.05) is 0 Å². The summed E-state index contributed by atoms with van der Waals surface area (Å²) in [5.74, 6) is -7.02. The van der Waals surface area contributed by atoms with Crippen LogP contribution >= 0.6 is 97.6 Å². The lowest BCUT2D eigenvalue weighted by atomic mass is 10.1. The van der Waals surface area contributed by atoms with E-state index in [4.69, 9.17) is 0 Å². The summed E-state index contributed by atoms with van der Waals surface area (Å²) in [5.41, 5.74) is 2.37. The molecule has 5 heterocycles. The van der Waals surface area contributed by atoms with E-state index in [0.29, 0.717) is 0 Å². The van der Waals surface area contributed by atoms with Crippen molar-refractivity contribution in [2.45, 2.75) is 58.7 Å². The van der Waals surface area contributed by atoms with Crippen LogP contribution in [-0.2, 0) is 23.7 Å². The van der Waals surface area contributed by atoms with Crippen LogP contribution in [0.3, 0.4) is 0 Å². The van der Waals surface area contributed by atoms with E-state index in [2.05, 4.69) is 74.2 Å². The van der Waals surface area contributed by atoms with Gasteiger partial charge in [-0.05, 0) is 176 Å². The van der Waals surface area contributed by atoms with Gasteiger partial charge in [0, 0.05) is 58.7 Å². The van der Waals surface area contributed by atoms with Crippen molar-refractivity contribution in [3.8, 4) is 0 Å². The van der Waals surface area contributed by atoms with Crippen molar-refractivity contribution >= 4 is 157 Å². The fourth-order valence-electron chi connectivity index (χ4n) is 8.24. The van der Waals surface area contributed by atoms with Gasteiger partial charge >= 0.3 is 59.7 Å². The highest BCUT2D eigenvalue weighted by molar-refractivity contribution is 8.00. The molecule has 0 amide bonds. The number of cyclic esters (lactones) is 10. The third kappa shape index (κ3) is 15.2. The van der Waals surface area contributed by atoms with E-state index in [-0.39, 0.29) is 55.6 Å². The van der Waals surface area contributed by atoms with Crippen LogP contribution in [0.5, 0.6) is 0 Å². The summed E-state index contributed by atoms with van der Waals surface area (Å²) in [7, 11) is 0. The Morgan fingerprint density at radius 2 is 0.466 bits per heavy atom. The van der Waals surface area contributed by atoms with E-state index < -0.39 is 65.5 Å². The second-order valence-corrected chi connectivity index (χ2v) is 24.9. The van der Waals surface area contributed by atoms with Gasteiger partial charge < -0.3 is 23.7 Å². The zero-order chi connectivity index (χ0) is 62.3. The summed E-state index contributed by atoms with van der Waals surface area (Å²) >= 11 is 22.2. The standard InChI is InChI=1S/2C22H10O6S2.C8H3FO3.2C6H6S2/c23-19-15-7-5-13(9-17(15)21(25)27-19)29-11-1-2-12(4-3-11)30-14-6-8-16-18(10-14)22(26)28-20(16)24;23-19-15-6-4-13(9-17(15)21(25)27-19)29-11-2-1-3-12(8-11)30-14-5-7-16-18(10-14)22(26)28-20(16)24;9-4-1-2-5-6(3-4)8(11)12-7(5)10;7-5-1-2-6(8)4-3-5;7-5-2-1-3-6(8)4-5/h2*1-10H;1-3H;2*1-4,7-8H. The average molecular weight is 1320 g/mol. The molecule has 436 valence electrons. The lowest BCUT2D eigenvalue weighted by Crippen LogP contribution is -1.96. The van der Waals surface area contributed by atoms with E-state index in [1.54, 1.807) is 72.8 Å². The lowest BCUT2D eigenvalue weighted by molar-refractivity contribution is 0.0425. The Labute approximate surface area is 537 Å². The maximum absolute atomic E-state index is 12.5. The van der Waals surface area contributed by atoms with Gasteiger partial charge in [0.1, 0.15) is 5.82 Å². The first-order chi connectivity index (χ1) is 42.2. The second-order valence-electron chi connectivity index (χ2n) is 18.3. The van der Waals surface area contributed by atoms with Crippen molar-refractivity contribution in [3.05, 3.63) is 250 Å². The monoisotopic (exact) mass is 1320 g/mol. The van der Waals surface area contributed by atoms with Crippen LogP contribution in [0.25, 0.3) is 0 Å². The number of rotatable bonds is 8. The summed E-state index contributed by atoms with van der Waals surface area (Å²) in [6.07, 6.45) is 0. The number of halogens is 1. The highest BCUT2D eigenvalue weighted by Crippen LogP contribution is 2.38. The molecule has 24 heteroatoms. The molecule has 0 unspecified atom stereocenters. The van der Waals surface area contributed by atoms with Gasteiger partial charge in [-0.1, -0.05) is 59.2 Å². The molecule has 0 spiro atoms. The lowest BCUT2D eigenvalue weighted by Gasteiger charge is -2.06. The molecule has 9 aromatic rings. The van der Waals surface area contributed by atoms with Gasteiger partial charge in [-0.15, -0.1) is 50.5 Å². The number of ether oxygens (including phenoxy) is 5. The van der Waals surface area contributed by atoms with Crippen molar-refractivity contribution < 1.29 is 76.0 Å². The third-order valence-electron chi connectivity index (χ3n) is 12.3. The topological polar surface area (TPSA) is 217 Å². The molecule has 88 heavy (non-hydrogen) atoms. The Bertz CT molecular complexity index is 4190. The van der Waals surface area contributed by atoms with Crippen molar-refractivity contribution in [2.24, 2.45) is 0 Å². The Kier molecular flexibility index (Phi) is 19.6. The summed E-state index contributed by atoms with van der Waals surface area (Å²) < 4.78 is 35.3. The van der Waals surface area contributed by atoms with Crippen LogP contribution in [0.15, 0.2) is 247 Å². The number of hydrogen-bond acceptors (Lipinski definition) is 23. The molecule has 5 aliphatic rings. The first-order valence-electron chi connectivity index (χ1n) is 25.3. The highest BCUT2D eigenvalue weighted by atomic mass is 32.2. The number of carbonyl (C=O) groups excluding carboxylic acids is 10. The Morgan fingerprint density at radius 1 is 0.227 bits per heavy atom. The zero-order valence-corrected chi connectivity index (χ0v) is 51.2. The molecule has 0 saturated heterocycles. The molecular weight excluding hydrogens is 1280 g/mol. The number of hydrogen-bond donors (Lipinski definition) is 4. The SMILES string of the molecule is O=C1OC(=O)c2cc(F)ccc21.O=C1OC(=O)c2cc(Sc3ccc(Sc4ccc5c(c4)C(=O)OC5=O)cc3)ccc21.O=C1OC(=O)c2cc(Sc3cccc(Sc4ccc5c(c4)C(=O)OC5=O)c3)ccc21.Sc1ccc(S)cc1.Sc1cccc(S)c1. The molecule has 0 fully saturated rings. The minimum atomic E-state index is -0.783. The summed E-state index contributed by atoms with van der Waals surface area (Å²) in [4.78, 5) is 126. The normalized spacial score (nSPS) is 13.5. The number of fused-ring (bicyclic) bond motifs is 5. The van der Waals surface area contributed by atoms with E-state index in [1.165, 1.54) is 53.1 Å². The second kappa shape index (κ2) is 27.6. The molecule has 0 atom stereocenters. The molecule has 9 aromatic carbocycles. The summed E-state index contributed by atoms with van der Waals surface area (Å²) in [6.45, 7) is 0. The van der Waals surface area contributed by atoms with Gasteiger partial charge in [-0.3, -0.25) is 0 Å². The van der Waals surface area contributed by atoms with E-state index in [1.807, 2.05) is 97.1 Å². The van der Waals surface area contributed by atoms with Crippen LogP contribution in [0.4, 0.5) is 4.39 Å². The highest BCUT2D eigenvalue weighted by Gasteiger charge is 2.33. The predicted molar refractivity (Wildman–Crippen MR) is 332 cm³/mol. The Morgan fingerprint density at radius 3 is 0.761 bits per heavy atom. The molecule has 0 bridgehead atoms.